The fraction of sp³-hybridized carbons (Fsp3) is 0.833. The number of ether oxygens (including phenoxy) is 1. The molecular weight excluding hydrogens is 232 g/mol. The molecule has 6 heteroatoms. The molecule has 104 valence electrons. The van der Waals surface area contributed by atoms with Gasteiger partial charge in [0.1, 0.15) is 0 Å². The van der Waals surface area contributed by atoms with E-state index in [1.54, 1.807) is 0 Å². The van der Waals surface area contributed by atoms with Crippen LogP contribution in [-0.2, 0) is 4.74 Å². The quantitative estimate of drug-likeness (QED) is 0.624. The van der Waals surface area contributed by atoms with Crippen LogP contribution in [0, 0.1) is 0 Å². The third-order valence-corrected chi connectivity index (χ3v) is 2.63. The molecule has 0 aliphatic rings. The summed E-state index contributed by atoms with van der Waals surface area (Å²) in [4.78, 5) is 0. The van der Waals surface area contributed by atoms with Gasteiger partial charge in [-0.2, -0.15) is 0 Å². The van der Waals surface area contributed by atoms with Crippen molar-refractivity contribution in [1.82, 2.24) is 15.5 Å². The maximum Gasteiger partial charge on any atom is 0.315 e. The van der Waals surface area contributed by atoms with Crippen molar-refractivity contribution in [2.75, 3.05) is 32.1 Å². The van der Waals surface area contributed by atoms with Crippen LogP contribution in [0.15, 0.2) is 4.42 Å². The highest BCUT2D eigenvalue weighted by Gasteiger charge is 2.10. The molecular formula is C12H24N4O2. The topological polar surface area (TPSA) is 72.2 Å². The molecule has 0 radical (unpaired) electrons. The second-order valence-corrected chi connectivity index (χ2v) is 4.20. The fourth-order valence-corrected chi connectivity index (χ4v) is 1.32. The highest BCUT2D eigenvalue weighted by atomic mass is 16.5. The average molecular weight is 256 g/mol. The van der Waals surface area contributed by atoms with E-state index in [-0.39, 0.29) is 6.04 Å². The Morgan fingerprint density at radius 2 is 2.06 bits per heavy atom. The van der Waals surface area contributed by atoms with Crippen LogP contribution < -0.4 is 10.6 Å². The van der Waals surface area contributed by atoms with Gasteiger partial charge < -0.3 is 19.8 Å². The van der Waals surface area contributed by atoms with E-state index in [0.717, 1.165) is 32.6 Å². The van der Waals surface area contributed by atoms with Crippen molar-refractivity contribution < 1.29 is 9.15 Å². The number of aromatic nitrogens is 2. The van der Waals surface area contributed by atoms with Crippen molar-refractivity contribution in [3.05, 3.63) is 5.89 Å². The van der Waals surface area contributed by atoms with E-state index in [9.17, 15) is 0 Å². The molecule has 1 atom stereocenters. The van der Waals surface area contributed by atoms with Crippen LogP contribution in [0.1, 0.15) is 45.0 Å². The summed E-state index contributed by atoms with van der Waals surface area (Å²) in [5.74, 6) is 0.596. The van der Waals surface area contributed by atoms with E-state index in [4.69, 9.17) is 9.15 Å². The highest BCUT2D eigenvalue weighted by Crippen LogP contribution is 2.12. The van der Waals surface area contributed by atoms with Gasteiger partial charge in [-0.15, -0.1) is 5.10 Å². The Morgan fingerprint density at radius 1 is 1.28 bits per heavy atom. The average Bonchev–Trinajstić information content (AvgIpc) is 2.85. The van der Waals surface area contributed by atoms with Gasteiger partial charge in [0.05, 0.1) is 6.04 Å². The van der Waals surface area contributed by atoms with Crippen LogP contribution in [0.4, 0.5) is 6.01 Å². The Bertz CT molecular complexity index is 317. The summed E-state index contributed by atoms with van der Waals surface area (Å²) in [6.07, 6.45) is 3.23. The summed E-state index contributed by atoms with van der Waals surface area (Å²) in [7, 11) is 1.86. The normalized spacial score (nSPS) is 12.6. The van der Waals surface area contributed by atoms with Crippen molar-refractivity contribution in [1.29, 1.82) is 0 Å². The molecule has 1 unspecified atom stereocenters. The Balaban J connectivity index is 2.10. The number of unbranched alkanes of at least 4 members (excludes halogenated alkanes) is 1. The monoisotopic (exact) mass is 256 g/mol. The zero-order valence-corrected chi connectivity index (χ0v) is 11.5. The number of hydrogen-bond acceptors (Lipinski definition) is 6. The van der Waals surface area contributed by atoms with Crippen molar-refractivity contribution >= 4 is 6.01 Å². The highest BCUT2D eigenvalue weighted by molar-refractivity contribution is 5.16. The first-order valence-electron chi connectivity index (χ1n) is 6.60. The lowest BCUT2D eigenvalue weighted by Crippen LogP contribution is -2.12. The van der Waals surface area contributed by atoms with Crippen LogP contribution in [0.25, 0.3) is 0 Å². The van der Waals surface area contributed by atoms with E-state index in [0.29, 0.717) is 11.9 Å². The van der Waals surface area contributed by atoms with Gasteiger partial charge in [-0.05, 0) is 26.8 Å². The Hall–Kier alpha value is -1.14. The third kappa shape index (κ3) is 5.46. The van der Waals surface area contributed by atoms with Gasteiger partial charge in [-0.3, -0.25) is 0 Å². The molecule has 18 heavy (non-hydrogen) atoms. The summed E-state index contributed by atoms with van der Waals surface area (Å²) in [5.41, 5.74) is 0. The number of hydrogen-bond donors (Lipinski definition) is 2. The molecule has 1 aromatic rings. The summed E-state index contributed by atoms with van der Waals surface area (Å²) >= 11 is 0. The molecule has 1 heterocycles. The van der Waals surface area contributed by atoms with Gasteiger partial charge in [-0.1, -0.05) is 18.4 Å². The molecule has 0 aliphatic carbocycles. The number of nitrogens with zero attached hydrogens (tertiary/aromatic N) is 2. The molecule has 1 rings (SSSR count). The van der Waals surface area contributed by atoms with Crippen molar-refractivity contribution in [3.8, 4) is 0 Å². The molecule has 0 aliphatic heterocycles. The summed E-state index contributed by atoms with van der Waals surface area (Å²) in [6.45, 7) is 6.52. The Labute approximate surface area is 108 Å². The van der Waals surface area contributed by atoms with Crippen LogP contribution in [0.2, 0.25) is 0 Å². The molecule has 0 saturated carbocycles. The number of rotatable bonds is 10. The van der Waals surface area contributed by atoms with E-state index in [1.165, 1.54) is 6.42 Å². The van der Waals surface area contributed by atoms with Crippen molar-refractivity contribution in [2.45, 2.75) is 39.2 Å². The van der Waals surface area contributed by atoms with Gasteiger partial charge in [0.25, 0.3) is 0 Å². The molecule has 1 aromatic heterocycles. The summed E-state index contributed by atoms with van der Waals surface area (Å²) < 4.78 is 10.9. The largest absolute Gasteiger partial charge is 0.406 e. The zero-order chi connectivity index (χ0) is 13.2. The van der Waals surface area contributed by atoms with E-state index >= 15 is 0 Å². The number of anilines is 1. The lowest BCUT2D eigenvalue weighted by atomic mass is 10.3. The maximum absolute atomic E-state index is 5.46. The SMILES string of the molecule is CCCCOCCCNc1nnc(C(C)NC)o1. The van der Waals surface area contributed by atoms with Crippen LogP contribution >= 0.6 is 0 Å². The first-order valence-corrected chi connectivity index (χ1v) is 6.60. The molecule has 0 aromatic carbocycles. The minimum Gasteiger partial charge on any atom is -0.406 e. The minimum atomic E-state index is 0.0745. The van der Waals surface area contributed by atoms with Gasteiger partial charge in [0.15, 0.2) is 0 Å². The van der Waals surface area contributed by atoms with Crippen LogP contribution in [0.3, 0.4) is 0 Å². The molecule has 0 bridgehead atoms. The third-order valence-electron chi connectivity index (χ3n) is 2.63. The predicted octanol–water partition coefficient (Wildman–Crippen LogP) is 1.97. The van der Waals surface area contributed by atoms with E-state index < -0.39 is 0 Å². The van der Waals surface area contributed by atoms with Crippen molar-refractivity contribution in [2.24, 2.45) is 0 Å². The standard InChI is InChI=1S/C12H24N4O2/c1-4-5-8-17-9-6-7-14-12-16-15-11(18-12)10(2)13-3/h10,13H,4-9H2,1-3H3,(H,14,16). The van der Waals surface area contributed by atoms with Gasteiger partial charge in [0.2, 0.25) is 5.89 Å². The van der Waals surface area contributed by atoms with Crippen molar-refractivity contribution in [3.63, 3.8) is 0 Å². The van der Waals surface area contributed by atoms with Gasteiger partial charge in [0, 0.05) is 19.8 Å². The minimum absolute atomic E-state index is 0.0745. The molecule has 0 spiro atoms. The predicted molar refractivity (Wildman–Crippen MR) is 70.6 cm³/mol. The number of nitrogens with one attached hydrogen (secondary N) is 2. The molecule has 0 saturated heterocycles. The second kappa shape index (κ2) is 8.88. The lowest BCUT2D eigenvalue weighted by Gasteiger charge is -2.04. The van der Waals surface area contributed by atoms with Crippen LogP contribution in [0.5, 0.6) is 0 Å². The summed E-state index contributed by atoms with van der Waals surface area (Å²) in [6, 6.07) is 0.547. The van der Waals surface area contributed by atoms with Crippen LogP contribution in [-0.4, -0.2) is 37.0 Å². The van der Waals surface area contributed by atoms with E-state index in [2.05, 4.69) is 27.8 Å². The Morgan fingerprint density at radius 3 is 2.78 bits per heavy atom. The smallest absolute Gasteiger partial charge is 0.315 e. The van der Waals surface area contributed by atoms with E-state index in [1.807, 2.05) is 14.0 Å². The first-order chi connectivity index (χ1) is 8.77. The molecule has 0 amide bonds. The maximum atomic E-state index is 5.46. The molecule has 2 N–H and O–H groups in total. The summed E-state index contributed by atoms with van der Waals surface area (Å²) in [5, 5.41) is 14.0. The molecule has 0 fully saturated rings. The zero-order valence-electron chi connectivity index (χ0n) is 11.5. The lowest BCUT2D eigenvalue weighted by molar-refractivity contribution is 0.131. The first kappa shape index (κ1) is 14.9. The second-order valence-electron chi connectivity index (χ2n) is 4.20. The van der Waals surface area contributed by atoms with Gasteiger partial charge >= 0.3 is 6.01 Å². The fourth-order valence-electron chi connectivity index (χ4n) is 1.32. The van der Waals surface area contributed by atoms with Gasteiger partial charge in [-0.25, -0.2) is 0 Å². The Kier molecular flexibility index (Phi) is 7.36. The molecule has 6 nitrogen and oxygen atoms in total.